The lowest BCUT2D eigenvalue weighted by atomic mass is 9.94. The van der Waals surface area contributed by atoms with Crippen LogP contribution in [0.2, 0.25) is 0 Å². The van der Waals surface area contributed by atoms with Gasteiger partial charge in [0.25, 0.3) is 0 Å². The third kappa shape index (κ3) is 3.29. The van der Waals surface area contributed by atoms with Gasteiger partial charge in [0.05, 0.1) is 11.8 Å². The molecule has 0 radical (unpaired) electrons. The van der Waals surface area contributed by atoms with Gasteiger partial charge in [-0.3, -0.25) is 4.79 Å². The van der Waals surface area contributed by atoms with Gasteiger partial charge in [-0.25, -0.2) is 8.42 Å². The highest BCUT2D eigenvalue weighted by atomic mass is 32.2. The zero-order valence-electron chi connectivity index (χ0n) is 9.69. The fraction of sp³-hybridized carbons (Fsp3) is 0.727. The van der Waals surface area contributed by atoms with E-state index in [2.05, 4.69) is 5.32 Å². The van der Waals surface area contributed by atoms with Gasteiger partial charge in [0, 0.05) is 17.4 Å². The van der Waals surface area contributed by atoms with Crippen molar-refractivity contribution in [1.29, 1.82) is 0 Å². The van der Waals surface area contributed by atoms with E-state index in [1.54, 1.807) is 0 Å². The van der Waals surface area contributed by atoms with Gasteiger partial charge in [-0.05, 0) is 18.9 Å². The summed E-state index contributed by atoms with van der Waals surface area (Å²) < 4.78 is 22.3. The van der Waals surface area contributed by atoms with Crippen LogP contribution in [0.25, 0.3) is 0 Å². The molecule has 1 unspecified atom stereocenters. The van der Waals surface area contributed by atoms with Crippen molar-refractivity contribution in [2.45, 2.75) is 43.7 Å². The number of hydrogen-bond donors (Lipinski definition) is 2. The number of carbonyl (C=O) groups excluding carboxylic acids is 1. The minimum absolute atomic E-state index is 0.0314. The predicted molar refractivity (Wildman–Crippen MR) is 64.9 cm³/mol. The molecule has 0 bridgehead atoms. The third-order valence-corrected chi connectivity index (χ3v) is 4.78. The zero-order chi connectivity index (χ0) is 12.5. The topological polar surface area (TPSA) is 89.3 Å². The van der Waals surface area contributed by atoms with E-state index in [0.717, 1.165) is 31.1 Å². The number of hydrogen-bond acceptors (Lipinski definition) is 4. The van der Waals surface area contributed by atoms with Gasteiger partial charge in [-0.15, -0.1) is 0 Å². The number of carbonyl (C=O) groups is 1. The molecule has 17 heavy (non-hydrogen) atoms. The van der Waals surface area contributed by atoms with Gasteiger partial charge in [0.15, 0.2) is 9.84 Å². The first-order valence-corrected chi connectivity index (χ1v) is 7.59. The van der Waals surface area contributed by atoms with E-state index in [-0.39, 0.29) is 23.6 Å². The Morgan fingerprint density at radius 2 is 2.06 bits per heavy atom. The fourth-order valence-electron chi connectivity index (χ4n) is 2.50. The van der Waals surface area contributed by atoms with Crippen molar-refractivity contribution in [3.63, 3.8) is 0 Å². The molecule has 3 N–H and O–H groups in total. The zero-order valence-corrected chi connectivity index (χ0v) is 10.5. The van der Waals surface area contributed by atoms with Crippen LogP contribution in [-0.4, -0.2) is 31.7 Å². The van der Waals surface area contributed by atoms with E-state index < -0.39 is 15.9 Å². The highest BCUT2D eigenvalue weighted by molar-refractivity contribution is 7.94. The van der Waals surface area contributed by atoms with Crippen LogP contribution in [0.4, 0.5) is 0 Å². The van der Waals surface area contributed by atoms with E-state index in [4.69, 9.17) is 5.73 Å². The highest BCUT2D eigenvalue weighted by Gasteiger charge is 2.32. The van der Waals surface area contributed by atoms with Crippen molar-refractivity contribution in [3.05, 3.63) is 11.5 Å². The largest absolute Gasteiger partial charge is 0.349 e. The minimum atomic E-state index is -3.11. The summed E-state index contributed by atoms with van der Waals surface area (Å²) in [6.45, 7) is 0. The Hall–Kier alpha value is -0.880. The first kappa shape index (κ1) is 12.6. The Bertz CT molecular complexity index is 436. The van der Waals surface area contributed by atoms with Crippen LogP contribution in [0.1, 0.15) is 32.1 Å². The first-order valence-electron chi connectivity index (χ1n) is 5.88. The van der Waals surface area contributed by atoms with Gasteiger partial charge in [0.1, 0.15) is 0 Å². The van der Waals surface area contributed by atoms with Crippen LogP contribution >= 0.6 is 0 Å². The monoisotopic (exact) mass is 258 g/mol. The summed E-state index contributed by atoms with van der Waals surface area (Å²) in [5.74, 6) is -0.183. The van der Waals surface area contributed by atoms with Crippen LogP contribution in [0.3, 0.4) is 0 Å². The van der Waals surface area contributed by atoms with Gasteiger partial charge >= 0.3 is 0 Å². The lowest BCUT2D eigenvalue weighted by Crippen LogP contribution is -2.44. The van der Waals surface area contributed by atoms with Crippen molar-refractivity contribution in [2.75, 3.05) is 5.75 Å². The van der Waals surface area contributed by atoms with Crippen LogP contribution in [0, 0.1) is 0 Å². The Balaban J connectivity index is 1.84. The van der Waals surface area contributed by atoms with Crippen LogP contribution in [0.15, 0.2) is 11.5 Å². The SMILES string of the molecule is NC1(CC(=O)NC2C=CS(=O)(=O)C2)CCCC1. The molecule has 0 aromatic heterocycles. The number of nitrogens with one attached hydrogen (secondary N) is 1. The molecule has 0 saturated heterocycles. The summed E-state index contributed by atoms with van der Waals surface area (Å²) in [6, 6.07) is -0.391. The molecule has 6 heteroatoms. The molecule has 1 aliphatic heterocycles. The predicted octanol–water partition coefficient (Wildman–Crippen LogP) is 0.0749. The molecule has 0 aromatic rings. The summed E-state index contributed by atoms with van der Waals surface area (Å²) in [5, 5.41) is 3.86. The molecule has 1 atom stereocenters. The van der Waals surface area contributed by atoms with E-state index in [9.17, 15) is 13.2 Å². The second kappa shape index (κ2) is 4.42. The molecule has 1 fully saturated rings. The molecule has 5 nitrogen and oxygen atoms in total. The van der Waals surface area contributed by atoms with Crippen LogP contribution < -0.4 is 11.1 Å². The number of rotatable bonds is 3. The number of nitrogens with two attached hydrogens (primary N) is 1. The summed E-state index contributed by atoms with van der Waals surface area (Å²) in [6.07, 6.45) is 5.70. The molecule has 1 amide bonds. The van der Waals surface area contributed by atoms with Crippen LogP contribution in [0.5, 0.6) is 0 Å². The van der Waals surface area contributed by atoms with Gasteiger partial charge in [-0.1, -0.05) is 12.8 Å². The lowest BCUT2D eigenvalue weighted by molar-refractivity contribution is -0.122. The number of amides is 1. The van der Waals surface area contributed by atoms with Gasteiger partial charge < -0.3 is 11.1 Å². The molecule has 1 heterocycles. The smallest absolute Gasteiger partial charge is 0.222 e. The Morgan fingerprint density at radius 3 is 2.59 bits per heavy atom. The van der Waals surface area contributed by atoms with Crippen LogP contribution in [-0.2, 0) is 14.6 Å². The number of sulfone groups is 1. The second-order valence-electron chi connectivity index (χ2n) is 5.08. The maximum absolute atomic E-state index is 11.8. The first-order chi connectivity index (χ1) is 7.89. The summed E-state index contributed by atoms with van der Waals surface area (Å²) >= 11 is 0. The van der Waals surface area contributed by atoms with E-state index >= 15 is 0 Å². The maximum Gasteiger partial charge on any atom is 0.222 e. The van der Waals surface area contributed by atoms with E-state index in [1.165, 1.54) is 6.08 Å². The molecule has 0 spiro atoms. The summed E-state index contributed by atoms with van der Waals surface area (Å²) in [4.78, 5) is 11.8. The Kier molecular flexibility index (Phi) is 3.27. The average molecular weight is 258 g/mol. The molecule has 2 rings (SSSR count). The molecule has 0 aromatic carbocycles. The van der Waals surface area contributed by atoms with Crippen molar-refractivity contribution in [1.82, 2.24) is 5.32 Å². The normalized spacial score (nSPS) is 29.4. The summed E-state index contributed by atoms with van der Waals surface area (Å²) in [5.41, 5.74) is 5.71. The van der Waals surface area contributed by atoms with Crippen molar-refractivity contribution in [3.8, 4) is 0 Å². The second-order valence-corrected chi connectivity index (χ2v) is 7.01. The van der Waals surface area contributed by atoms with E-state index in [1.807, 2.05) is 0 Å². The highest BCUT2D eigenvalue weighted by Crippen LogP contribution is 2.29. The standard InChI is InChI=1S/C11H18N2O3S/c12-11(4-1-2-5-11)7-10(14)13-9-3-6-17(15,16)8-9/h3,6,9H,1-2,4-5,7-8,12H2,(H,13,14). The van der Waals surface area contributed by atoms with E-state index in [0.29, 0.717) is 0 Å². The third-order valence-electron chi connectivity index (χ3n) is 3.39. The molecular formula is C11H18N2O3S. The Morgan fingerprint density at radius 1 is 1.41 bits per heavy atom. The lowest BCUT2D eigenvalue weighted by Gasteiger charge is -2.23. The molecule has 2 aliphatic rings. The van der Waals surface area contributed by atoms with Crippen molar-refractivity contribution >= 4 is 15.7 Å². The summed E-state index contributed by atoms with van der Waals surface area (Å²) in [7, 11) is -3.11. The fourth-order valence-corrected chi connectivity index (χ4v) is 3.73. The quantitative estimate of drug-likeness (QED) is 0.750. The van der Waals surface area contributed by atoms with Gasteiger partial charge in [-0.2, -0.15) is 0 Å². The molecule has 1 aliphatic carbocycles. The minimum Gasteiger partial charge on any atom is -0.349 e. The van der Waals surface area contributed by atoms with Gasteiger partial charge in [0.2, 0.25) is 5.91 Å². The maximum atomic E-state index is 11.8. The molecule has 96 valence electrons. The Labute approximate surface area is 101 Å². The average Bonchev–Trinajstić information content (AvgIpc) is 2.73. The van der Waals surface area contributed by atoms with Crippen molar-refractivity contribution in [2.24, 2.45) is 5.73 Å². The molecular weight excluding hydrogens is 240 g/mol. The van der Waals surface area contributed by atoms with Crippen molar-refractivity contribution < 1.29 is 13.2 Å². The molecule has 1 saturated carbocycles.